The molecule has 2 aromatic rings. The van der Waals surface area contributed by atoms with Crippen LogP contribution in [0.15, 0.2) is 42.5 Å². The van der Waals surface area contributed by atoms with Crippen LogP contribution in [-0.2, 0) is 14.3 Å². The third kappa shape index (κ3) is 6.33. The summed E-state index contributed by atoms with van der Waals surface area (Å²) in [6, 6.07) is 10.1. The van der Waals surface area contributed by atoms with E-state index in [-0.39, 0.29) is 36.6 Å². The zero-order chi connectivity index (χ0) is 22.1. The normalized spacial score (nSPS) is 10.1. The van der Waals surface area contributed by atoms with Gasteiger partial charge in [-0.25, -0.2) is 9.59 Å². The van der Waals surface area contributed by atoms with Gasteiger partial charge in [-0.1, -0.05) is 0 Å². The fraction of sp³-hybridized carbons (Fsp3) is 0.238. The lowest BCUT2D eigenvalue weighted by Gasteiger charge is -2.11. The van der Waals surface area contributed by atoms with E-state index in [9.17, 15) is 19.2 Å². The molecular weight excluding hydrogens is 392 g/mol. The van der Waals surface area contributed by atoms with Gasteiger partial charge in [-0.3, -0.25) is 9.59 Å². The van der Waals surface area contributed by atoms with Crippen LogP contribution in [0, 0.1) is 0 Å². The lowest BCUT2D eigenvalue weighted by Crippen LogP contribution is -2.21. The summed E-state index contributed by atoms with van der Waals surface area (Å²) in [7, 11) is 0. The largest absolute Gasteiger partial charge is 0.484 e. The highest BCUT2D eigenvalue weighted by molar-refractivity contribution is 5.99. The van der Waals surface area contributed by atoms with Crippen molar-refractivity contribution in [1.82, 2.24) is 0 Å². The van der Waals surface area contributed by atoms with Gasteiger partial charge in [0.2, 0.25) is 5.91 Å². The van der Waals surface area contributed by atoms with Gasteiger partial charge in [0.05, 0.1) is 24.3 Å². The molecule has 2 amide bonds. The van der Waals surface area contributed by atoms with Crippen molar-refractivity contribution in [2.45, 2.75) is 13.8 Å². The molecule has 0 aliphatic heterocycles. The van der Waals surface area contributed by atoms with Crippen LogP contribution in [0.2, 0.25) is 0 Å². The molecule has 2 aromatic carbocycles. The quantitative estimate of drug-likeness (QED) is 0.601. The van der Waals surface area contributed by atoms with E-state index in [0.29, 0.717) is 11.3 Å². The molecule has 0 saturated carbocycles. The Labute approximate surface area is 173 Å². The molecule has 9 nitrogen and oxygen atoms in total. The van der Waals surface area contributed by atoms with E-state index in [1.165, 1.54) is 42.5 Å². The fourth-order valence-electron chi connectivity index (χ4n) is 2.43. The molecule has 0 spiro atoms. The summed E-state index contributed by atoms with van der Waals surface area (Å²) in [5, 5.41) is 2.56. The van der Waals surface area contributed by atoms with Crippen molar-refractivity contribution in [3.05, 3.63) is 59.2 Å². The van der Waals surface area contributed by atoms with E-state index < -0.39 is 23.8 Å². The molecular formula is C21H22N2O7. The number of hydrogen-bond donors (Lipinski definition) is 2. The summed E-state index contributed by atoms with van der Waals surface area (Å²) in [6.45, 7) is 3.29. The molecule has 0 aromatic heterocycles. The lowest BCUT2D eigenvalue weighted by atomic mass is 10.1. The first-order chi connectivity index (χ1) is 14.3. The Bertz CT molecular complexity index is 903. The number of ether oxygens (including phenoxy) is 3. The van der Waals surface area contributed by atoms with Gasteiger partial charge in [0, 0.05) is 11.3 Å². The fourth-order valence-corrected chi connectivity index (χ4v) is 2.43. The van der Waals surface area contributed by atoms with E-state index in [0.717, 1.165) is 0 Å². The highest BCUT2D eigenvalue weighted by atomic mass is 16.5. The number of anilines is 1. The van der Waals surface area contributed by atoms with Crippen molar-refractivity contribution < 1.29 is 33.4 Å². The Morgan fingerprint density at radius 1 is 0.833 bits per heavy atom. The molecule has 0 atom stereocenters. The SMILES string of the molecule is CCOC(=O)c1cc(NC(=O)COc2ccc(C(N)=O)cc2)cc(C(=O)OCC)c1. The molecule has 0 aliphatic carbocycles. The minimum atomic E-state index is -0.634. The van der Waals surface area contributed by atoms with Crippen LogP contribution in [0.25, 0.3) is 0 Å². The third-order valence-corrected chi connectivity index (χ3v) is 3.75. The second-order valence-electron chi connectivity index (χ2n) is 5.97. The molecule has 9 heteroatoms. The van der Waals surface area contributed by atoms with E-state index in [2.05, 4.69) is 5.32 Å². The molecule has 0 heterocycles. The van der Waals surface area contributed by atoms with Crippen molar-refractivity contribution >= 4 is 29.4 Å². The molecule has 3 N–H and O–H groups in total. The Hall–Kier alpha value is -3.88. The molecule has 0 unspecified atom stereocenters. The number of benzene rings is 2. The number of carbonyl (C=O) groups excluding carboxylic acids is 4. The first-order valence-corrected chi connectivity index (χ1v) is 9.15. The highest BCUT2D eigenvalue weighted by Gasteiger charge is 2.16. The number of carbonyl (C=O) groups is 4. The van der Waals surface area contributed by atoms with Crippen LogP contribution in [0.5, 0.6) is 5.75 Å². The number of nitrogens with one attached hydrogen (secondary N) is 1. The second kappa shape index (κ2) is 10.6. The Kier molecular flexibility index (Phi) is 7.92. The van der Waals surface area contributed by atoms with E-state index >= 15 is 0 Å². The maximum absolute atomic E-state index is 12.2. The molecule has 0 radical (unpaired) electrons. The van der Waals surface area contributed by atoms with Crippen LogP contribution in [0.1, 0.15) is 44.9 Å². The predicted molar refractivity (Wildman–Crippen MR) is 107 cm³/mol. The van der Waals surface area contributed by atoms with Gasteiger partial charge in [0.25, 0.3) is 5.91 Å². The summed E-state index contributed by atoms with van der Waals surface area (Å²) in [4.78, 5) is 47.4. The van der Waals surface area contributed by atoms with Crippen molar-refractivity contribution in [2.24, 2.45) is 5.73 Å². The van der Waals surface area contributed by atoms with Gasteiger partial charge in [-0.05, 0) is 56.3 Å². The van der Waals surface area contributed by atoms with Gasteiger partial charge in [-0.2, -0.15) is 0 Å². The molecule has 0 saturated heterocycles. The lowest BCUT2D eigenvalue weighted by molar-refractivity contribution is -0.118. The Balaban J connectivity index is 2.10. The molecule has 158 valence electrons. The number of hydrogen-bond acceptors (Lipinski definition) is 7. The maximum Gasteiger partial charge on any atom is 0.338 e. The monoisotopic (exact) mass is 414 g/mol. The van der Waals surface area contributed by atoms with Gasteiger partial charge in [-0.15, -0.1) is 0 Å². The number of esters is 2. The van der Waals surface area contributed by atoms with Gasteiger partial charge in [0.15, 0.2) is 6.61 Å². The molecule has 30 heavy (non-hydrogen) atoms. The van der Waals surface area contributed by atoms with Gasteiger partial charge in [0.1, 0.15) is 5.75 Å². The first kappa shape index (κ1) is 22.4. The second-order valence-corrected chi connectivity index (χ2v) is 5.97. The van der Waals surface area contributed by atoms with Crippen LogP contribution in [-0.4, -0.2) is 43.6 Å². The standard InChI is InChI=1S/C21H22N2O7/c1-3-28-20(26)14-9-15(21(27)29-4-2)11-16(10-14)23-18(24)12-30-17-7-5-13(6-8-17)19(22)25/h5-11H,3-4,12H2,1-2H3,(H2,22,25)(H,23,24). The van der Waals surface area contributed by atoms with Gasteiger partial charge < -0.3 is 25.3 Å². The minimum absolute atomic E-state index is 0.0978. The highest BCUT2D eigenvalue weighted by Crippen LogP contribution is 2.18. The van der Waals surface area contributed by atoms with Crippen LogP contribution < -0.4 is 15.8 Å². The summed E-state index contributed by atoms with van der Waals surface area (Å²) >= 11 is 0. The van der Waals surface area contributed by atoms with Crippen LogP contribution >= 0.6 is 0 Å². The summed E-state index contributed by atoms with van der Waals surface area (Å²) in [5.74, 6) is -2.00. The number of amides is 2. The zero-order valence-corrected chi connectivity index (χ0v) is 16.6. The smallest absolute Gasteiger partial charge is 0.338 e. The first-order valence-electron chi connectivity index (χ1n) is 9.15. The minimum Gasteiger partial charge on any atom is -0.484 e. The predicted octanol–water partition coefficient (Wildman–Crippen LogP) is 2.16. The van der Waals surface area contributed by atoms with Crippen LogP contribution in [0.4, 0.5) is 5.69 Å². The van der Waals surface area contributed by atoms with Crippen molar-refractivity contribution in [1.29, 1.82) is 0 Å². The molecule has 0 fully saturated rings. The topological polar surface area (TPSA) is 134 Å². The number of rotatable bonds is 9. The van der Waals surface area contributed by atoms with Crippen molar-refractivity contribution in [3.63, 3.8) is 0 Å². The number of primary amides is 1. The molecule has 0 bridgehead atoms. The summed E-state index contributed by atoms with van der Waals surface area (Å²) < 4.78 is 15.3. The van der Waals surface area contributed by atoms with Crippen LogP contribution in [0.3, 0.4) is 0 Å². The summed E-state index contributed by atoms with van der Waals surface area (Å²) in [5.41, 5.74) is 5.89. The van der Waals surface area contributed by atoms with Crippen molar-refractivity contribution in [2.75, 3.05) is 25.1 Å². The molecule has 0 aliphatic rings. The van der Waals surface area contributed by atoms with Crippen molar-refractivity contribution in [3.8, 4) is 5.75 Å². The molecule has 2 rings (SSSR count). The summed E-state index contributed by atoms with van der Waals surface area (Å²) in [6.07, 6.45) is 0. The Morgan fingerprint density at radius 3 is 1.83 bits per heavy atom. The van der Waals surface area contributed by atoms with E-state index in [4.69, 9.17) is 19.9 Å². The number of nitrogens with two attached hydrogens (primary N) is 1. The van der Waals surface area contributed by atoms with E-state index in [1.54, 1.807) is 13.8 Å². The van der Waals surface area contributed by atoms with Gasteiger partial charge >= 0.3 is 11.9 Å². The maximum atomic E-state index is 12.2. The average molecular weight is 414 g/mol. The van der Waals surface area contributed by atoms with E-state index in [1.807, 2.05) is 0 Å². The third-order valence-electron chi connectivity index (χ3n) is 3.75. The zero-order valence-electron chi connectivity index (χ0n) is 16.6. The average Bonchev–Trinajstić information content (AvgIpc) is 2.72. The Morgan fingerprint density at radius 2 is 1.37 bits per heavy atom.